The van der Waals surface area contributed by atoms with Crippen LogP contribution in [-0.4, -0.2) is 53.1 Å². The fourth-order valence-electron chi connectivity index (χ4n) is 4.64. The minimum Gasteiger partial charge on any atom is -0.463 e. The van der Waals surface area contributed by atoms with Gasteiger partial charge < -0.3 is 19.7 Å². The standard InChI is InChI=1S/C27H32F2N4O4S/c1-6-36-25(34)19-21(16-9-12-33(13-10-16)26(35)37-27(3,4)5)31-23(24-30-11-14-38-24)32-22(19)17-7-8-18(28)20(29)15(17)2/h7-8,11,14,16,22H,6,9-10,12-13H2,1-5H3,(H,31,32). The highest BCUT2D eigenvalue weighted by Gasteiger charge is 2.38. The van der Waals surface area contributed by atoms with E-state index in [1.165, 1.54) is 24.3 Å². The number of ether oxygens (including phenoxy) is 2. The van der Waals surface area contributed by atoms with Crippen LogP contribution in [0.3, 0.4) is 0 Å². The second-order valence-corrected chi connectivity index (χ2v) is 11.1. The molecule has 2 aliphatic heterocycles. The molecule has 1 unspecified atom stereocenters. The fraction of sp³-hybridized carbons (Fsp3) is 0.481. The molecule has 1 N–H and O–H groups in total. The molecule has 38 heavy (non-hydrogen) atoms. The van der Waals surface area contributed by atoms with Crippen molar-refractivity contribution in [3.8, 4) is 0 Å². The average molecular weight is 547 g/mol. The molecule has 1 fully saturated rings. The molecule has 1 saturated heterocycles. The Labute approximate surface area is 224 Å². The third kappa shape index (κ3) is 5.87. The number of nitrogens with zero attached hydrogens (tertiary/aromatic N) is 3. The molecule has 8 nitrogen and oxygen atoms in total. The Morgan fingerprint density at radius 1 is 1.21 bits per heavy atom. The summed E-state index contributed by atoms with van der Waals surface area (Å²) in [6.45, 7) is 9.63. The van der Waals surface area contributed by atoms with Crippen molar-refractivity contribution in [3.05, 3.63) is 62.7 Å². The normalized spacial score (nSPS) is 18.7. The van der Waals surface area contributed by atoms with Crippen LogP contribution in [0, 0.1) is 24.5 Å². The summed E-state index contributed by atoms with van der Waals surface area (Å²) in [5, 5.41) is 5.72. The summed E-state index contributed by atoms with van der Waals surface area (Å²) >= 11 is 1.37. The number of hydrogen-bond donors (Lipinski definition) is 1. The van der Waals surface area contributed by atoms with Crippen LogP contribution in [0.2, 0.25) is 0 Å². The zero-order chi connectivity index (χ0) is 27.6. The van der Waals surface area contributed by atoms with Gasteiger partial charge in [0.05, 0.1) is 12.2 Å². The number of thiazole rings is 1. The largest absolute Gasteiger partial charge is 0.463 e. The number of esters is 1. The zero-order valence-corrected chi connectivity index (χ0v) is 23.0. The number of likely N-dealkylation sites (tertiary alicyclic amines) is 1. The van der Waals surface area contributed by atoms with E-state index in [4.69, 9.17) is 14.5 Å². The molecule has 1 atom stereocenters. The maximum absolute atomic E-state index is 14.6. The minimum absolute atomic E-state index is 0.0695. The van der Waals surface area contributed by atoms with Crippen molar-refractivity contribution in [2.45, 2.75) is 59.1 Å². The Hall–Kier alpha value is -3.34. The van der Waals surface area contributed by atoms with E-state index < -0.39 is 29.2 Å². The molecular weight excluding hydrogens is 514 g/mol. The summed E-state index contributed by atoms with van der Waals surface area (Å²) in [6, 6.07) is 1.57. The van der Waals surface area contributed by atoms with Crippen LogP contribution < -0.4 is 5.32 Å². The molecule has 3 heterocycles. The van der Waals surface area contributed by atoms with Crippen LogP contribution in [0.15, 0.2) is 40.0 Å². The number of benzene rings is 1. The predicted molar refractivity (Wildman–Crippen MR) is 140 cm³/mol. The van der Waals surface area contributed by atoms with Gasteiger partial charge in [-0.1, -0.05) is 6.07 Å². The second-order valence-electron chi connectivity index (χ2n) is 10.2. The van der Waals surface area contributed by atoms with Gasteiger partial charge in [-0.2, -0.15) is 0 Å². The average Bonchev–Trinajstić information content (AvgIpc) is 3.41. The van der Waals surface area contributed by atoms with Crippen LogP contribution in [0.4, 0.5) is 13.6 Å². The molecule has 1 amide bonds. The molecule has 1 aromatic heterocycles. The molecule has 11 heteroatoms. The van der Waals surface area contributed by atoms with E-state index in [0.29, 0.717) is 48.0 Å². The maximum atomic E-state index is 14.6. The Morgan fingerprint density at radius 3 is 2.53 bits per heavy atom. The van der Waals surface area contributed by atoms with Gasteiger partial charge in [0.15, 0.2) is 22.5 Å². The Bertz CT molecular complexity index is 1260. The Balaban J connectivity index is 1.75. The number of amides is 1. The van der Waals surface area contributed by atoms with Crippen molar-refractivity contribution < 1.29 is 27.8 Å². The molecule has 0 bridgehead atoms. The zero-order valence-electron chi connectivity index (χ0n) is 22.1. The van der Waals surface area contributed by atoms with E-state index in [-0.39, 0.29) is 29.8 Å². The van der Waals surface area contributed by atoms with Gasteiger partial charge in [-0.3, -0.25) is 4.99 Å². The first-order valence-electron chi connectivity index (χ1n) is 12.6. The number of halogens is 2. The summed E-state index contributed by atoms with van der Waals surface area (Å²) in [7, 11) is 0. The highest BCUT2D eigenvalue weighted by atomic mass is 32.1. The molecule has 0 spiro atoms. The van der Waals surface area contributed by atoms with Crippen molar-refractivity contribution in [2.24, 2.45) is 10.9 Å². The number of carbonyl (C=O) groups is 2. The number of piperidine rings is 1. The number of nitrogens with one attached hydrogen (secondary N) is 1. The lowest BCUT2D eigenvalue weighted by atomic mass is 9.85. The number of rotatable bonds is 5. The second kappa shape index (κ2) is 11.2. The quantitative estimate of drug-likeness (QED) is 0.513. The summed E-state index contributed by atoms with van der Waals surface area (Å²) in [6.07, 6.45) is 2.37. The Kier molecular flexibility index (Phi) is 8.15. The van der Waals surface area contributed by atoms with E-state index in [2.05, 4.69) is 10.3 Å². The van der Waals surface area contributed by atoms with Crippen LogP contribution >= 0.6 is 11.3 Å². The van der Waals surface area contributed by atoms with Crippen molar-refractivity contribution in [2.75, 3.05) is 19.7 Å². The number of allylic oxidation sites excluding steroid dienone is 1. The monoisotopic (exact) mass is 546 g/mol. The molecule has 0 saturated carbocycles. The highest BCUT2D eigenvalue weighted by molar-refractivity contribution is 7.11. The molecule has 2 aromatic rings. The highest BCUT2D eigenvalue weighted by Crippen LogP contribution is 2.39. The lowest BCUT2D eigenvalue weighted by molar-refractivity contribution is -0.139. The topological polar surface area (TPSA) is 93.1 Å². The third-order valence-electron chi connectivity index (χ3n) is 6.44. The van der Waals surface area contributed by atoms with Gasteiger partial charge in [0.2, 0.25) is 0 Å². The lowest BCUT2D eigenvalue weighted by Crippen LogP contribution is -2.44. The number of hydrogen-bond acceptors (Lipinski definition) is 8. The van der Waals surface area contributed by atoms with Gasteiger partial charge in [0.1, 0.15) is 11.6 Å². The van der Waals surface area contributed by atoms with Crippen molar-refractivity contribution in [1.29, 1.82) is 0 Å². The van der Waals surface area contributed by atoms with Crippen LogP contribution in [0.1, 0.15) is 62.7 Å². The van der Waals surface area contributed by atoms with E-state index in [0.717, 1.165) is 6.07 Å². The van der Waals surface area contributed by atoms with Gasteiger partial charge in [-0.15, -0.1) is 11.3 Å². The lowest BCUT2D eigenvalue weighted by Gasteiger charge is -2.37. The van der Waals surface area contributed by atoms with Crippen molar-refractivity contribution >= 4 is 29.2 Å². The van der Waals surface area contributed by atoms with Crippen molar-refractivity contribution in [3.63, 3.8) is 0 Å². The van der Waals surface area contributed by atoms with Gasteiger partial charge in [-0.25, -0.2) is 23.4 Å². The number of carbonyl (C=O) groups excluding carboxylic acids is 2. The first-order valence-corrected chi connectivity index (χ1v) is 13.5. The molecule has 204 valence electrons. The van der Waals surface area contributed by atoms with Gasteiger partial charge in [0, 0.05) is 36.3 Å². The molecule has 4 rings (SSSR count). The minimum atomic E-state index is -0.984. The first kappa shape index (κ1) is 27.7. The summed E-state index contributed by atoms with van der Waals surface area (Å²) in [4.78, 5) is 36.7. The number of amidine groups is 1. The Morgan fingerprint density at radius 2 is 1.92 bits per heavy atom. The molecular formula is C27H32F2N4O4S. The summed E-state index contributed by atoms with van der Waals surface area (Å²) < 4.78 is 39.6. The number of aromatic nitrogens is 1. The summed E-state index contributed by atoms with van der Waals surface area (Å²) in [5.74, 6) is -2.25. The fourth-order valence-corrected chi connectivity index (χ4v) is 5.22. The van der Waals surface area contributed by atoms with E-state index >= 15 is 0 Å². The predicted octanol–water partition coefficient (Wildman–Crippen LogP) is 5.29. The molecule has 0 radical (unpaired) electrons. The van der Waals surface area contributed by atoms with Gasteiger partial charge in [-0.05, 0) is 64.7 Å². The first-order chi connectivity index (χ1) is 18.0. The van der Waals surface area contributed by atoms with Gasteiger partial charge in [0.25, 0.3) is 0 Å². The SMILES string of the molecule is CCOC(=O)C1=C(C2CCN(C(=O)OC(C)(C)C)CC2)NC(c2nccs2)=NC1c1ccc(F)c(F)c1C. The van der Waals surface area contributed by atoms with Crippen molar-refractivity contribution in [1.82, 2.24) is 15.2 Å². The van der Waals surface area contributed by atoms with Gasteiger partial charge >= 0.3 is 12.1 Å². The van der Waals surface area contributed by atoms with E-state index in [1.807, 2.05) is 20.8 Å². The number of aliphatic imine (C=N–C) groups is 1. The molecule has 1 aromatic carbocycles. The third-order valence-corrected chi connectivity index (χ3v) is 7.22. The molecule has 2 aliphatic rings. The van der Waals surface area contributed by atoms with Crippen LogP contribution in [0.5, 0.6) is 0 Å². The van der Waals surface area contributed by atoms with Crippen LogP contribution in [-0.2, 0) is 14.3 Å². The molecule has 0 aliphatic carbocycles. The summed E-state index contributed by atoms with van der Waals surface area (Å²) in [5.41, 5.74) is 0.678. The smallest absolute Gasteiger partial charge is 0.410 e. The van der Waals surface area contributed by atoms with Crippen LogP contribution in [0.25, 0.3) is 0 Å². The maximum Gasteiger partial charge on any atom is 0.410 e. The van der Waals surface area contributed by atoms with E-state index in [9.17, 15) is 18.4 Å². The van der Waals surface area contributed by atoms with E-state index in [1.54, 1.807) is 23.4 Å².